The number of nitrogens with zero attached hydrogens (tertiary/aromatic N) is 5. The third-order valence-corrected chi connectivity index (χ3v) is 2.78. The average molecular weight is 291 g/mol. The first kappa shape index (κ1) is 11.6. The number of aliphatic hydroxyl groups excluding tert-OH is 2. The Hall–Kier alpha value is -2.20. The summed E-state index contributed by atoms with van der Waals surface area (Å²) in [7, 11) is 0. The molecule has 0 aliphatic carbocycles. The fourth-order valence-corrected chi connectivity index (χ4v) is 1.79. The van der Waals surface area contributed by atoms with Gasteiger partial charge in [0.2, 0.25) is 5.72 Å². The lowest BCUT2D eigenvalue weighted by atomic mass is 10.1. The molecule has 4 N–H and O–H groups in total. The number of azide groups is 1. The summed E-state index contributed by atoms with van der Waals surface area (Å²) in [4.78, 5) is 17.4. The van der Waals surface area contributed by atoms with Crippen molar-refractivity contribution in [3.05, 3.63) is 33.1 Å². The minimum atomic E-state index is -2.35. The molecule has 10 nitrogen and oxygen atoms in total. The molecular weight excluding hydrogens is 278 g/mol. The van der Waals surface area contributed by atoms with Crippen LogP contribution in [0.25, 0.3) is 10.4 Å². The molecule has 2 rings (SSSR count). The van der Waals surface area contributed by atoms with Gasteiger partial charge in [-0.3, -0.25) is 4.57 Å². The van der Waals surface area contributed by atoms with E-state index in [9.17, 15) is 19.4 Å². The second-order valence-electron chi connectivity index (χ2n) is 3.98. The van der Waals surface area contributed by atoms with E-state index in [0.29, 0.717) is 4.57 Å². The second-order valence-corrected chi connectivity index (χ2v) is 3.98. The van der Waals surface area contributed by atoms with Crippen molar-refractivity contribution in [2.24, 2.45) is 5.11 Å². The van der Waals surface area contributed by atoms with Gasteiger partial charge in [-0.15, -0.1) is 0 Å². The molecule has 20 heavy (non-hydrogen) atoms. The van der Waals surface area contributed by atoms with Gasteiger partial charge in [-0.1, -0.05) is 5.11 Å². The van der Waals surface area contributed by atoms with E-state index in [-0.39, 0.29) is 0 Å². The SMILES string of the molecule is [2H]c1c(N)[15n][13c](=O)[15n]([C@@H]2O[C@@](CO)(N=[N+]=[N-])[C@@H](O)[C@@H]2F)c1[2H]. The first-order chi connectivity index (χ1) is 10.3. The van der Waals surface area contributed by atoms with Gasteiger partial charge in [0.05, 0.1) is 9.35 Å². The molecule has 1 aromatic heterocycles. The maximum absolute atomic E-state index is 14.2. The fraction of sp³-hybridized carbons (Fsp3) is 0.556. The van der Waals surface area contributed by atoms with Gasteiger partial charge in [-0.2, -0.15) is 4.98 Å². The summed E-state index contributed by atoms with van der Waals surface area (Å²) in [5, 5.41) is 22.0. The van der Waals surface area contributed by atoms with E-state index in [1.807, 2.05) is 0 Å². The molecule has 11 heteroatoms. The van der Waals surface area contributed by atoms with Gasteiger partial charge < -0.3 is 20.7 Å². The molecule has 1 aliphatic heterocycles. The molecule has 1 aliphatic rings. The van der Waals surface area contributed by atoms with E-state index in [4.69, 9.17) is 18.7 Å². The number of hydrogen-bond donors (Lipinski definition) is 3. The number of nitrogens with two attached hydrogens (primary N) is 1. The van der Waals surface area contributed by atoms with Crippen molar-refractivity contribution in [2.45, 2.75) is 24.2 Å². The Kier molecular flexibility index (Phi) is 2.94. The lowest BCUT2D eigenvalue weighted by Crippen LogP contribution is -2.43. The molecule has 0 radical (unpaired) electrons. The van der Waals surface area contributed by atoms with Crippen molar-refractivity contribution >= 4 is 5.82 Å². The van der Waals surface area contributed by atoms with Crippen molar-refractivity contribution in [2.75, 3.05) is 12.3 Å². The standard InChI is InChI=1S/C9H11FN6O4/c10-5-6(18)9(3-17,14-15-12)20-7(5)16-2-1-4(11)13-8(16)19/h1-2,5-7,17-18H,3H2,(H2,11,13,19)/t5-,6-,7+,9+/m0/s1/i1D,2D,8+1,13+1,16+1. The van der Waals surface area contributed by atoms with Gasteiger partial charge in [0.1, 0.15) is 11.9 Å². The molecule has 0 bridgehead atoms. The molecular formula is C9H11FN6O4. The summed E-state index contributed by atoms with van der Waals surface area (Å²) >= 11 is 0. The van der Waals surface area contributed by atoms with E-state index < -0.39 is 54.6 Å². The van der Waals surface area contributed by atoms with Crippen molar-refractivity contribution < 1.29 is 22.1 Å². The van der Waals surface area contributed by atoms with Crippen LogP contribution in [0.2, 0.25) is 0 Å². The highest BCUT2D eigenvalue weighted by Crippen LogP contribution is 2.39. The maximum Gasteiger partial charge on any atom is 0.351 e. The van der Waals surface area contributed by atoms with Crippen molar-refractivity contribution in [3.63, 3.8) is 0 Å². The number of ether oxygens (including phenoxy) is 1. The predicted octanol–water partition coefficient (Wildman–Crippen LogP) is -0.948. The van der Waals surface area contributed by atoms with Crippen molar-refractivity contribution in [3.8, 4) is 0 Å². The lowest BCUT2D eigenvalue weighted by molar-refractivity contribution is -0.124. The molecule has 0 amide bonds. The molecule has 0 spiro atoms. The molecule has 2 heterocycles. The number of aromatic nitrogens is 2. The molecule has 0 aromatic carbocycles. The summed E-state index contributed by atoms with van der Waals surface area (Å²) in [5.74, 6) is -0.524. The van der Waals surface area contributed by atoms with Crippen LogP contribution in [-0.2, 0) is 4.74 Å². The number of aliphatic hydroxyl groups is 2. The predicted molar refractivity (Wildman–Crippen MR) is 62.9 cm³/mol. The Morgan fingerprint density at radius 2 is 2.55 bits per heavy atom. The Morgan fingerprint density at radius 3 is 3.15 bits per heavy atom. The summed E-state index contributed by atoms with van der Waals surface area (Å²) < 4.78 is 34.7. The van der Waals surface area contributed by atoms with Crippen LogP contribution in [-0.4, -0.2) is 44.4 Å². The maximum atomic E-state index is 14.2. The Balaban J connectivity index is 2.59. The van der Waals surface area contributed by atoms with Gasteiger partial charge in [0.15, 0.2) is 12.4 Å². The first-order valence-corrected chi connectivity index (χ1v) is 5.31. The Morgan fingerprint density at radius 1 is 1.85 bits per heavy atom. The van der Waals surface area contributed by atoms with E-state index in [2.05, 4.69) is 15.0 Å². The summed E-state index contributed by atoms with van der Waals surface area (Å²) in [6, 6.07) is -0.643. The quantitative estimate of drug-likeness (QED) is 0.370. The zero-order chi connectivity index (χ0) is 16.7. The second kappa shape index (κ2) is 5.06. The average Bonchev–Trinajstić information content (AvgIpc) is 2.71. The number of nitrogen functional groups attached to an aromatic ring is 1. The summed E-state index contributed by atoms with van der Waals surface area (Å²) in [5.41, 5.74) is 10.2. The van der Waals surface area contributed by atoms with Gasteiger partial charge in [0.25, 0.3) is 0 Å². The van der Waals surface area contributed by atoms with E-state index in [0.717, 1.165) is 0 Å². The molecule has 1 saturated heterocycles. The number of anilines is 1. The third-order valence-electron chi connectivity index (χ3n) is 2.78. The molecule has 0 unspecified atom stereocenters. The van der Waals surface area contributed by atoms with Crippen LogP contribution in [0.15, 0.2) is 22.1 Å². The van der Waals surface area contributed by atoms with E-state index in [1.54, 1.807) is 0 Å². The highest BCUT2D eigenvalue weighted by molar-refractivity contribution is 5.23. The largest absolute Gasteiger partial charge is 0.393 e. The van der Waals surface area contributed by atoms with Gasteiger partial charge in [0, 0.05) is 11.1 Å². The molecule has 1 fully saturated rings. The zero-order valence-corrected chi connectivity index (χ0v) is 9.84. The van der Waals surface area contributed by atoms with Crippen molar-refractivity contribution in [1.29, 1.82) is 0 Å². The highest BCUT2D eigenvalue weighted by Gasteiger charge is 2.56. The highest BCUT2D eigenvalue weighted by atomic mass is 19.1. The van der Waals surface area contributed by atoms with Crippen LogP contribution in [0.5, 0.6) is 0 Å². The summed E-state index contributed by atoms with van der Waals surface area (Å²) in [6.07, 6.45) is -7.11. The van der Waals surface area contributed by atoms with E-state index >= 15 is 0 Å². The molecule has 1 aromatic rings. The van der Waals surface area contributed by atoms with Crippen LogP contribution >= 0.6 is 0 Å². The normalized spacial score (nSPS) is 34.2. The van der Waals surface area contributed by atoms with Gasteiger partial charge in [-0.25, -0.2) is 9.18 Å². The number of halogens is 1. The third kappa shape index (κ3) is 2.08. The number of alkyl halides is 1. The van der Waals surface area contributed by atoms with E-state index in [1.165, 1.54) is 0 Å². The van der Waals surface area contributed by atoms with Crippen LogP contribution in [0, 0.1) is 0 Å². The monoisotopic (exact) mass is 291 g/mol. The van der Waals surface area contributed by atoms with Crippen molar-refractivity contribution in [1.82, 2.24) is 9.55 Å². The first-order valence-electron chi connectivity index (χ1n) is 6.31. The number of rotatable bonds is 3. The Bertz CT molecular complexity index is 710. The van der Waals surface area contributed by atoms with Crippen LogP contribution in [0.1, 0.15) is 8.97 Å². The molecule has 0 saturated carbocycles. The topological polar surface area (TPSA) is 159 Å². The number of hydrogen-bond acceptors (Lipinski definition) is 7. The fourth-order valence-electron chi connectivity index (χ4n) is 1.79. The smallest absolute Gasteiger partial charge is 0.351 e. The van der Waals surface area contributed by atoms with Crippen LogP contribution in [0.4, 0.5) is 10.2 Å². The zero-order valence-electron chi connectivity index (χ0n) is 11.8. The van der Waals surface area contributed by atoms with Crippen LogP contribution in [0.3, 0.4) is 0 Å². The van der Waals surface area contributed by atoms with Gasteiger partial charge in [-0.05, 0) is 11.6 Å². The van der Waals surface area contributed by atoms with Crippen LogP contribution < -0.4 is 11.4 Å². The van der Waals surface area contributed by atoms with Gasteiger partial charge >= 0.3 is 5.69 Å². The summed E-state index contributed by atoms with van der Waals surface area (Å²) in [6.45, 7) is -1.06. The lowest BCUT2D eigenvalue weighted by Gasteiger charge is -2.23. The minimum absolute atomic E-state index is 0.344. The molecule has 4 atom stereocenters. The minimum Gasteiger partial charge on any atom is -0.393 e. The molecule has 108 valence electrons. The Labute approximate surface area is 113 Å².